The highest BCUT2D eigenvalue weighted by atomic mass is 35.5. The van der Waals surface area contributed by atoms with E-state index >= 15 is 0 Å². The van der Waals surface area contributed by atoms with Crippen molar-refractivity contribution in [1.29, 1.82) is 0 Å². The Hall–Kier alpha value is -1.57. The van der Waals surface area contributed by atoms with Crippen molar-refractivity contribution in [3.8, 4) is 5.75 Å². The van der Waals surface area contributed by atoms with Gasteiger partial charge in [-0.1, -0.05) is 36.5 Å². The van der Waals surface area contributed by atoms with Crippen LogP contribution in [0.5, 0.6) is 5.75 Å². The molecule has 0 saturated heterocycles. The van der Waals surface area contributed by atoms with Gasteiger partial charge in [-0.3, -0.25) is 9.59 Å². The van der Waals surface area contributed by atoms with Gasteiger partial charge in [-0.15, -0.1) is 0 Å². The normalized spacial score (nSPS) is 22.3. The molecular formula is C19H21Cl2NO5S. The van der Waals surface area contributed by atoms with Crippen LogP contribution in [0.4, 0.5) is 0 Å². The standard InChI is InChI=1S/C19H21Cl2NO5S/c1-3-5-19-6-4-11(23)8-12(19)14-10(9-19)7-13(15(20)16(14)21)27-18(17(22)24)28(2,25)26/h7-8,18H,3-6,9H2,1-2H3,(H2,22,24). The predicted octanol–water partition coefficient (Wildman–Crippen LogP) is 3.32. The zero-order chi connectivity index (χ0) is 20.9. The van der Waals surface area contributed by atoms with Crippen molar-refractivity contribution in [1.82, 2.24) is 0 Å². The fourth-order valence-corrected chi connectivity index (χ4v) is 5.45. The van der Waals surface area contributed by atoms with Gasteiger partial charge in [0.1, 0.15) is 10.8 Å². The van der Waals surface area contributed by atoms with E-state index in [0.29, 0.717) is 18.4 Å². The number of nitrogens with two attached hydrogens (primary N) is 1. The Balaban J connectivity index is 2.12. The number of rotatable bonds is 6. The van der Waals surface area contributed by atoms with Crippen molar-refractivity contribution in [2.75, 3.05) is 6.26 Å². The number of carbonyl (C=O) groups excluding carboxylic acids is 2. The fourth-order valence-electron chi connectivity index (χ4n) is 4.24. The summed E-state index contributed by atoms with van der Waals surface area (Å²) in [6.45, 7) is 2.08. The monoisotopic (exact) mass is 445 g/mol. The third-order valence-electron chi connectivity index (χ3n) is 5.36. The number of primary amides is 1. The highest BCUT2D eigenvalue weighted by Gasteiger charge is 2.45. The Morgan fingerprint density at radius 3 is 2.61 bits per heavy atom. The largest absolute Gasteiger partial charge is 0.463 e. The number of hydrogen-bond acceptors (Lipinski definition) is 5. The Bertz CT molecular complexity index is 1000. The molecule has 2 unspecified atom stereocenters. The summed E-state index contributed by atoms with van der Waals surface area (Å²) in [6.07, 6.45) is 6.16. The predicted molar refractivity (Wildman–Crippen MR) is 108 cm³/mol. The SMILES string of the molecule is CCCC12CCC(=O)C=C1c1c(cc(OC(C(N)=O)S(C)(=O)=O)c(Cl)c1Cl)C2. The first-order chi connectivity index (χ1) is 13.0. The molecule has 0 fully saturated rings. The zero-order valence-corrected chi connectivity index (χ0v) is 17.9. The van der Waals surface area contributed by atoms with Crippen LogP contribution >= 0.6 is 23.2 Å². The van der Waals surface area contributed by atoms with Crippen LogP contribution in [0.25, 0.3) is 5.57 Å². The summed E-state index contributed by atoms with van der Waals surface area (Å²) in [4.78, 5) is 23.6. The smallest absolute Gasteiger partial charge is 0.275 e. The van der Waals surface area contributed by atoms with Crippen LogP contribution in [-0.2, 0) is 25.8 Å². The van der Waals surface area contributed by atoms with Gasteiger partial charge in [0.2, 0.25) is 0 Å². The number of benzene rings is 1. The molecule has 1 aromatic carbocycles. The van der Waals surface area contributed by atoms with Crippen LogP contribution in [-0.4, -0.2) is 31.8 Å². The summed E-state index contributed by atoms with van der Waals surface area (Å²) < 4.78 is 29.1. The summed E-state index contributed by atoms with van der Waals surface area (Å²) in [5.41, 5.74) is 5.51. The van der Waals surface area contributed by atoms with Crippen LogP contribution in [0.3, 0.4) is 0 Å². The maximum atomic E-state index is 12.1. The summed E-state index contributed by atoms with van der Waals surface area (Å²) in [7, 11) is -3.91. The number of fused-ring (bicyclic) bond motifs is 3. The van der Waals surface area contributed by atoms with Gasteiger partial charge in [-0.2, -0.15) is 0 Å². The molecule has 0 bridgehead atoms. The van der Waals surface area contributed by atoms with Crippen molar-refractivity contribution in [3.05, 3.63) is 33.3 Å². The number of amides is 1. The molecule has 0 heterocycles. The molecule has 28 heavy (non-hydrogen) atoms. The van der Waals surface area contributed by atoms with Crippen molar-refractivity contribution >= 4 is 50.3 Å². The average Bonchev–Trinajstić information content (AvgIpc) is 2.89. The highest BCUT2D eigenvalue weighted by Crippen LogP contribution is 2.58. The van der Waals surface area contributed by atoms with E-state index in [0.717, 1.165) is 36.7 Å². The minimum atomic E-state index is -3.91. The summed E-state index contributed by atoms with van der Waals surface area (Å²) >= 11 is 12.9. The Kier molecular flexibility index (Phi) is 5.55. The second-order valence-corrected chi connectivity index (χ2v) is 10.3. The number of hydrogen-bond donors (Lipinski definition) is 1. The van der Waals surface area contributed by atoms with E-state index in [1.807, 2.05) is 0 Å². The first-order valence-corrected chi connectivity index (χ1v) is 11.6. The second kappa shape index (κ2) is 7.35. The molecule has 0 aromatic heterocycles. The van der Waals surface area contributed by atoms with Gasteiger partial charge in [-0.25, -0.2) is 8.42 Å². The molecule has 1 amide bonds. The van der Waals surface area contributed by atoms with Crippen LogP contribution in [0.15, 0.2) is 12.1 Å². The van der Waals surface area contributed by atoms with Crippen LogP contribution in [0, 0.1) is 5.41 Å². The van der Waals surface area contributed by atoms with Crippen molar-refractivity contribution < 1.29 is 22.7 Å². The van der Waals surface area contributed by atoms with E-state index in [2.05, 4.69) is 6.92 Å². The maximum absolute atomic E-state index is 12.1. The third kappa shape index (κ3) is 3.55. The number of ketones is 1. The lowest BCUT2D eigenvalue weighted by Gasteiger charge is -2.33. The Labute approximate surface area is 173 Å². The third-order valence-corrected chi connectivity index (χ3v) is 7.32. The number of ether oxygens (including phenoxy) is 1. The van der Waals surface area contributed by atoms with Gasteiger partial charge in [0.25, 0.3) is 11.3 Å². The van der Waals surface area contributed by atoms with Crippen LogP contribution < -0.4 is 10.5 Å². The van der Waals surface area contributed by atoms with Crippen molar-refractivity contribution in [2.24, 2.45) is 11.1 Å². The molecule has 1 aromatic rings. The minimum absolute atomic E-state index is 0.0125. The van der Waals surface area contributed by atoms with E-state index in [4.69, 9.17) is 33.7 Å². The number of allylic oxidation sites excluding steroid dienone is 2. The summed E-state index contributed by atoms with van der Waals surface area (Å²) in [5, 5.41) is 0.173. The number of sulfone groups is 1. The molecular weight excluding hydrogens is 425 g/mol. The summed E-state index contributed by atoms with van der Waals surface area (Å²) in [6, 6.07) is 1.60. The Morgan fingerprint density at radius 2 is 2.04 bits per heavy atom. The van der Waals surface area contributed by atoms with Crippen LogP contribution in [0.2, 0.25) is 10.0 Å². The van der Waals surface area contributed by atoms with E-state index in [-0.39, 0.29) is 27.0 Å². The van der Waals surface area contributed by atoms with Gasteiger partial charge >= 0.3 is 0 Å². The van der Waals surface area contributed by atoms with E-state index in [1.54, 1.807) is 12.1 Å². The molecule has 6 nitrogen and oxygen atoms in total. The van der Waals surface area contributed by atoms with E-state index in [1.165, 1.54) is 0 Å². The average molecular weight is 446 g/mol. The highest BCUT2D eigenvalue weighted by molar-refractivity contribution is 7.91. The van der Waals surface area contributed by atoms with Gasteiger partial charge < -0.3 is 10.5 Å². The molecule has 2 aliphatic rings. The van der Waals surface area contributed by atoms with Gasteiger partial charge in [0.05, 0.1) is 5.02 Å². The molecule has 9 heteroatoms. The molecule has 3 rings (SSSR count). The molecule has 0 saturated carbocycles. The quantitative estimate of drug-likeness (QED) is 0.722. The maximum Gasteiger partial charge on any atom is 0.275 e. The Morgan fingerprint density at radius 1 is 1.36 bits per heavy atom. The lowest BCUT2D eigenvalue weighted by atomic mass is 9.70. The minimum Gasteiger partial charge on any atom is -0.463 e. The number of halogens is 2. The van der Waals surface area contributed by atoms with E-state index < -0.39 is 21.2 Å². The molecule has 2 aliphatic carbocycles. The molecule has 152 valence electrons. The first-order valence-electron chi connectivity index (χ1n) is 8.91. The summed E-state index contributed by atoms with van der Waals surface area (Å²) in [5.74, 6) is -1.11. The molecule has 0 radical (unpaired) electrons. The second-order valence-electron chi connectivity index (χ2n) is 7.45. The van der Waals surface area contributed by atoms with Gasteiger partial charge in [0.15, 0.2) is 15.6 Å². The first kappa shape index (κ1) is 21.1. The van der Waals surface area contributed by atoms with E-state index in [9.17, 15) is 18.0 Å². The van der Waals surface area contributed by atoms with Crippen molar-refractivity contribution in [2.45, 2.75) is 44.5 Å². The lowest BCUT2D eigenvalue weighted by Crippen LogP contribution is -2.40. The van der Waals surface area contributed by atoms with Crippen LogP contribution in [0.1, 0.15) is 43.7 Å². The van der Waals surface area contributed by atoms with Gasteiger partial charge in [-0.05, 0) is 42.5 Å². The lowest BCUT2D eigenvalue weighted by molar-refractivity contribution is -0.121. The fraction of sp³-hybridized carbons (Fsp3) is 0.474. The topological polar surface area (TPSA) is 104 Å². The number of carbonyl (C=O) groups is 2. The molecule has 2 N–H and O–H groups in total. The molecule has 0 spiro atoms. The zero-order valence-electron chi connectivity index (χ0n) is 15.6. The van der Waals surface area contributed by atoms with Crippen molar-refractivity contribution in [3.63, 3.8) is 0 Å². The van der Waals surface area contributed by atoms with Gasteiger partial charge in [0, 0.05) is 23.7 Å². The molecule has 2 atom stereocenters. The molecule has 0 aliphatic heterocycles.